The first kappa shape index (κ1) is 17.6. The van der Waals surface area contributed by atoms with Gasteiger partial charge in [0.15, 0.2) is 0 Å². The number of thiazole rings is 1. The summed E-state index contributed by atoms with van der Waals surface area (Å²) in [5.74, 6) is 0.526. The Kier molecular flexibility index (Phi) is 5.62. The summed E-state index contributed by atoms with van der Waals surface area (Å²) < 4.78 is 11.5. The Morgan fingerprint density at radius 3 is 2.85 bits per heavy atom. The van der Waals surface area contributed by atoms with E-state index in [1.54, 1.807) is 16.8 Å². The van der Waals surface area contributed by atoms with Crippen molar-refractivity contribution in [1.82, 2.24) is 10.3 Å². The van der Waals surface area contributed by atoms with E-state index in [4.69, 9.17) is 9.47 Å². The summed E-state index contributed by atoms with van der Waals surface area (Å²) in [6, 6.07) is 8.52. The predicted molar refractivity (Wildman–Crippen MR) is 100 cm³/mol. The Hall–Kier alpha value is -1.76. The number of ether oxygens (including phenoxy) is 2. The molecule has 1 N–H and O–H groups in total. The molecule has 2 atom stereocenters. The molecular weight excluding hydrogens is 348 g/mol. The summed E-state index contributed by atoms with van der Waals surface area (Å²) in [6.07, 6.45) is 3.25. The molecule has 2 aromatic rings. The van der Waals surface area contributed by atoms with Crippen molar-refractivity contribution in [3.8, 4) is 0 Å². The van der Waals surface area contributed by atoms with Crippen LogP contribution in [-0.4, -0.2) is 36.3 Å². The van der Waals surface area contributed by atoms with Gasteiger partial charge in [0.1, 0.15) is 6.10 Å². The molecule has 0 saturated carbocycles. The summed E-state index contributed by atoms with van der Waals surface area (Å²) in [5, 5.41) is 5.17. The van der Waals surface area contributed by atoms with E-state index in [0.717, 1.165) is 25.0 Å². The highest BCUT2D eigenvalue weighted by atomic mass is 32.1. The molecule has 1 fully saturated rings. The first-order chi connectivity index (χ1) is 12.8. The van der Waals surface area contributed by atoms with E-state index in [1.807, 2.05) is 5.38 Å². The SMILES string of the molecule is O=C(CC1Cc2ccccc2C1)N[C@@H]1CCOC[C@H]1OCc1cscn1. The topological polar surface area (TPSA) is 60.5 Å². The maximum Gasteiger partial charge on any atom is 0.220 e. The van der Waals surface area contributed by atoms with Gasteiger partial charge in [0, 0.05) is 18.4 Å². The zero-order chi connectivity index (χ0) is 17.8. The van der Waals surface area contributed by atoms with Crippen molar-refractivity contribution < 1.29 is 14.3 Å². The van der Waals surface area contributed by atoms with Crippen LogP contribution in [0.15, 0.2) is 35.2 Å². The highest BCUT2D eigenvalue weighted by Gasteiger charge is 2.30. The van der Waals surface area contributed by atoms with Crippen molar-refractivity contribution >= 4 is 17.2 Å². The fourth-order valence-electron chi connectivity index (χ4n) is 3.86. The van der Waals surface area contributed by atoms with E-state index in [9.17, 15) is 4.79 Å². The lowest BCUT2D eigenvalue weighted by Gasteiger charge is -2.32. The molecule has 0 spiro atoms. The van der Waals surface area contributed by atoms with Crippen LogP contribution in [0.1, 0.15) is 29.7 Å². The van der Waals surface area contributed by atoms with Gasteiger partial charge >= 0.3 is 0 Å². The molecule has 4 rings (SSSR count). The van der Waals surface area contributed by atoms with Crippen LogP contribution in [0.3, 0.4) is 0 Å². The molecule has 26 heavy (non-hydrogen) atoms. The van der Waals surface area contributed by atoms with Crippen LogP contribution in [-0.2, 0) is 33.7 Å². The normalized spacial score (nSPS) is 22.9. The third-order valence-electron chi connectivity index (χ3n) is 5.19. The van der Waals surface area contributed by atoms with Crippen molar-refractivity contribution in [3.63, 3.8) is 0 Å². The Labute approximate surface area is 157 Å². The van der Waals surface area contributed by atoms with Crippen molar-refractivity contribution in [2.75, 3.05) is 13.2 Å². The molecule has 1 aliphatic heterocycles. The third-order valence-corrected chi connectivity index (χ3v) is 5.82. The van der Waals surface area contributed by atoms with Gasteiger partial charge in [-0.05, 0) is 36.3 Å². The molecule has 6 heteroatoms. The van der Waals surface area contributed by atoms with E-state index in [2.05, 4.69) is 34.6 Å². The summed E-state index contributed by atoms with van der Waals surface area (Å²) in [4.78, 5) is 16.8. The minimum absolute atomic E-state index is 0.0127. The lowest BCUT2D eigenvalue weighted by atomic mass is 10.0. The molecule has 1 aliphatic carbocycles. The van der Waals surface area contributed by atoms with Gasteiger partial charge in [0.25, 0.3) is 0 Å². The molecule has 0 bridgehead atoms. The number of carbonyl (C=O) groups excluding carboxylic acids is 1. The fraction of sp³-hybridized carbons (Fsp3) is 0.500. The summed E-state index contributed by atoms with van der Waals surface area (Å²) >= 11 is 1.56. The first-order valence-electron chi connectivity index (χ1n) is 9.20. The van der Waals surface area contributed by atoms with Crippen LogP contribution in [0.2, 0.25) is 0 Å². The number of rotatable bonds is 6. The molecule has 0 unspecified atom stereocenters. The van der Waals surface area contributed by atoms with E-state index >= 15 is 0 Å². The molecular formula is C20H24N2O3S. The number of hydrogen-bond donors (Lipinski definition) is 1. The Morgan fingerprint density at radius 2 is 2.12 bits per heavy atom. The van der Waals surface area contributed by atoms with Gasteiger partial charge in [0.2, 0.25) is 5.91 Å². The van der Waals surface area contributed by atoms with Crippen molar-refractivity contribution in [3.05, 3.63) is 52.0 Å². The monoisotopic (exact) mass is 372 g/mol. The first-order valence-corrected chi connectivity index (χ1v) is 10.1. The van der Waals surface area contributed by atoms with Crippen molar-refractivity contribution in [1.29, 1.82) is 0 Å². The van der Waals surface area contributed by atoms with Gasteiger partial charge in [0.05, 0.1) is 30.5 Å². The van der Waals surface area contributed by atoms with Gasteiger partial charge in [-0.25, -0.2) is 4.98 Å². The van der Waals surface area contributed by atoms with Gasteiger partial charge in [-0.2, -0.15) is 0 Å². The van der Waals surface area contributed by atoms with Crippen LogP contribution < -0.4 is 5.32 Å². The molecule has 2 aliphatic rings. The summed E-state index contributed by atoms with van der Waals surface area (Å²) in [5.41, 5.74) is 5.51. The third kappa shape index (κ3) is 4.31. The number of nitrogens with one attached hydrogen (secondary N) is 1. The average Bonchev–Trinajstić information content (AvgIpc) is 3.29. The van der Waals surface area contributed by atoms with Crippen LogP contribution >= 0.6 is 11.3 Å². The molecule has 1 saturated heterocycles. The van der Waals surface area contributed by atoms with E-state index in [0.29, 0.717) is 32.2 Å². The molecule has 138 valence electrons. The summed E-state index contributed by atoms with van der Waals surface area (Å²) in [6.45, 7) is 1.64. The van der Waals surface area contributed by atoms with E-state index < -0.39 is 0 Å². The van der Waals surface area contributed by atoms with Crippen molar-refractivity contribution in [2.24, 2.45) is 5.92 Å². The van der Waals surface area contributed by atoms with Gasteiger partial charge in [-0.1, -0.05) is 24.3 Å². The largest absolute Gasteiger partial charge is 0.379 e. The minimum Gasteiger partial charge on any atom is -0.379 e. The second-order valence-corrected chi connectivity index (χ2v) is 7.83. The average molecular weight is 372 g/mol. The lowest BCUT2D eigenvalue weighted by molar-refractivity contribution is -0.127. The minimum atomic E-state index is -0.116. The predicted octanol–water partition coefficient (Wildman–Crippen LogP) is 2.74. The molecule has 0 radical (unpaired) electrons. The molecule has 1 aromatic heterocycles. The molecule has 1 amide bonds. The maximum absolute atomic E-state index is 12.6. The lowest BCUT2D eigenvalue weighted by Crippen LogP contribution is -2.50. The highest BCUT2D eigenvalue weighted by Crippen LogP contribution is 2.28. The smallest absolute Gasteiger partial charge is 0.220 e. The zero-order valence-corrected chi connectivity index (χ0v) is 15.5. The highest BCUT2D eigenvalue weighted by molar-refractivity contribution is 7.07. The van der Waals surface area contributed by atoms with Crippen LogP contribution in [0, 0.1) is 5.92 Å². The second-order valence-electron chi connectivity index (χ2n) is 7.11. The van der Waals surface area contributed by atoms with Crippen LogP contribution in [0.4, 0.5) is 0 Å². The van der Waals surface area contributed by atoms with Crippen LogP contribution in [0.25, 0.3) is 0 Å². The molecule has 5 nitrogen and oxygen atoms in total. The second kappa shape index (κ2) is 8.29. The number of benzene rings is 1. The van der Waals surface area contributed by atoms with E-state index in [1.165, 1.54) is 11.1 Å². The number of carbonyl (C=O) groups is 1. The van der Waals surface area contributed by atoms with Gasteiger partial charge in [-0.3, -0.25) is 4.79 Å². The van der Waals surface area contributed by atoms with E-state index in [-0.39, 0.29) is 18.1 Å². The van der Waals surface area contributed by atoms with Gasteiger partial charge in [-0.15, -0.1) is 11.3 Å². The molecule has 1 aromatic carbocycles. The molecule has 2 heterocycles. The Balaban J connectivity index is 1.28. The van der Waals surface area contributed by atoms with Crippen molar-refractivity contribution in [2.45, 2.75) is 44.4 Å². The standard InChI is InChI=1S/C20H24N2O3S/c23-20(9-14-7-15-3-1-2-4-16(15)8-14)22-18-5-6-24-11-19(18)25-10-17-12-26-13-21-17/h1-4,12-14,18-19H,5-11H2,(H,22,23)/t18-,19-/m1/s1. The number of fused-ring (bicyclic) bond motifs is 1. The quantitative estimate of drug-likeness (QED) is 0.847. The Morgan fingerprint density at radius 1 is 1.31 bits per heavy atom. The maximum atomic E-state index is 12.6. The number of aromatic nitrogens is 1. The fourth-order valence-corrected chi connectivity index (χ4v) is 4.41. The summed E-state index contributed by atoms with van der Waals surface area (Å²) in [7, 11) is 0. The number of nitrogens with zero attached hydrogens (tertiary/aromatic N) is 1. The number of amides is 1. The van der Waals surface area contributed by atoms with Gasteiger partial charge < -0.3 is 14.8 Å². The zero-order valence-electron chi connectivity index (χ0n) is 14.7. The Bertz CT molecular complexity index is 709. The van der Waals surface area contributed by atoms with Crippen LogP contribution in [0.5, 0.6) is 0 Å². The number of hydrogen-bond acceptors (Lipinski definition) is 5.